The lowest BCUT2D eigenvalue weighted by atomic mass is 9.76. The SMILES string of the molecule is O=[N+]([O-])c1cc(C2Nc3c(O)ccc([N+](=O)[O-])c3C3C=CCC32)ccc1Cl. The third kappa shape index (κ3) is 2.69. The van der Waals surface area contributed by atoms with Gasteiger partial charge in [0.25, 0.3) is 11.4 Å². The first-order chi connectivity index (χ1) is 12.9. The zero-order chi connectivity index (χ0) is 19.3. The van der Waals surface area contributed by atoms with Crippen LogP contribution in [-0.2, 0) is 0 Å². The number of nitro benzene ring substituents is 2. The van der Waals surface area contributed by atoms with Crippen LogP contribution in [0, 0.1) is 26.1 Å². The molecule has 3 unspecified atom stereocenters. The third-order valence-corrected chi connectivity index (χ3v) is 5.52. The van der Waals surface area contributed by atoms with Crippen LogP contribution < -0.4 is 5.32 Å². The molecule has 1 heterocycles. The van der Waals surface area contributed by atoms with E-state index in [1.54, 1.807) is 6.07 Å². The van der Waals surface area contributed by atoms with Gasteiger partial charge in [-0.2, -0.15) is 0 Å². The van der Waals surface area contributed by atoms with Crippen molar-refractivity contribution in [2.75, 3.05) is 5.32 Å². The number of halogens is 1. The number of fused-ring (bicyclic) bond motifs is 3. The molecule has 0 radical (unpaired) electrons. The molecule has 0 aromatic heterocycles. The van der Waals surface area contributed by atoms with Gasteiger partial charge in [0.1, 0.15) is 10.8 Å². The smallest absolute Gasteiger partial charge is 0.288 e. The molecular formula is C18H14ClN3O5. The maximum absolute atomic E-state index is 11.5. The summed E-state index contributed by atoms with van der Waals surface area (Å²) in [6, 6.07) is 6.80. The van der Waals surface area contributed by atoms with E-state index >= 15 is 0 Å². The summed E-state index contributed by atoms with van der Waals surface area (Å²) in [5, 5.41) is 36.2. The summed E-state index contributed by atoms with van der Waals surface area (Å²) in [7, 11) is 0. The minimum Gasteiger partial charge on any atom is -0.506 e. The second-order valence-corrected chi connectivity index (χ2v) is 7.00. The Hall–Kier alpha value is -3.13. The van der Waals surface area contributed by atoms with E-state index in [9.17, 15) is 25.3 Å². The fourth-order valence-electron chi connectivity index (χ4n) is 4.03. The summed E-state index contributed by atoms with van der Waals surface area (Å²) >= 11 is 5.91. The zero-order valence-corrected chi connectivity index (χ0v) is 14.6. The Morgan fingerprint density at radius 3 is 2.56 bits per heavy atom. The lowest BCUT2D eigenvalue weighted by Crippen LogP contribution is -2.29. The standard InChI is InChI=1S/C18H14ClN3O5/c19-12-5-4-9(8-14(12)22(26)27)17-11-3-1-2-10(11)16-13(21(24)25)6-7-15(23)18(16)20-17/h1-2,4-8,10-11,17,20,23H,3H2. The van der Waals surface area contributed by atoms with Gasteiger partial charge in [-0.3, -0.25) is 20.2 Å². The van der Waals surface area contributed by atoms with E-state index < -0.39 is 9.85 Å². The normalized spacial score (nSPS) is 22.6. The highest BCUT2D eigenvalue weighted by molar-refractivity contribution is 6.32. The van der Waals surface area contributed by atoms with Gasteiger partial charge in [0, 0.05) is 18.1 Å². The molecule has 0 spiro atoms. The number of hydrogen-bond acceptors (Lipinski definition) is 6. The number of nitro groups is 2. The molecule has 1 aliphatic heterocycles. The van der Waals surface area contributed by atoms with E-state index in [4.69, 9.17) is 11.6 Å². The predicted molar refractivity (Wildman–Crippen MR) is 99.2 cm³/mol. The lowest BCUT2D eigenvalue weighted by Gasteiger charge is -2.37. The molecule has 2 aromatic carbocycles. The molecule has 3 atom stereocenters. The Bertz CT molecular complexity index is 1010. The molecule has 4 rings (SSSR count). The Morgan fingerprint density at radius 1 is 1.11 bits per heavy atom. The zero-order valence-electron chi connectivity index (χ0n) is 13.8. The van der Waals surface area contributed by atoms with Crippen LogP contribution >= 0.6 is 11.6 Å². The molecule has 138 valence electrons. The van der Waals surface area contributed by atoms with Crippen LogP contribution in [-0.4, -0.2) is 15.0 Å². The van der Waals surface area contributed by atoms with Gasteiger partial charge >= 0.3 is 0 Å². The van der Waals surface area contributed by atoms with E-state index in [0.717, 1.165) is 0 Å². The second-order valence-electron chi connectivity index (χ2n) is 6.59. The Kier molecular flexibility index (Phi) is 4.00. The van der Waals surface area contributed by atoms with Crippen molar-refractivity contribution in [2.24, 2.45) is 5.92 Å². The molecule has 9 heteroatoms. The molecule has 2 aliphatic rings. The fraction of sp³-hybridized carbons (Fsp3) is 0.222. The van der Waals surface area contributed by atoms with Gasteiger partial charge < -0.3 is 10.4 Å². The number of benzene rings is 2. The van der Waals surface area contributed by atoms with Crippen molar-refractivity contribution >= 4 is 28.7 Å². The van der Waals surface area contributed by atoms with Gasteiger partial charge in [-0.25, -0.2) is 0 Å². The predicted octanol–water partition coefficient (Wildman–Crippen LogP) is 4.69. The van der Waals surface area contributed by atoms with Crippen molar-refractivity contribution in [2.45, 2.75) is 18.4 Å². The van der Waals surface area contributed by atoms with Gasteiger partial charge in [0.05, 0.1) is 27.1 Å². The average Bonchev–Trinajstić information content (AvgIpc) is 3.11. The first kappa shape index (κ1) is 17.3. The Balaban J connectivity index is 1.86. The van der Waals surface area contributed by atoms with Crippen LogP contribution in [0.3, 0.4) is 0 Å². The summed E-state index contributed by atoms with van der Waals surface area (Å²) in [4.78, 5) is 21.7. The minimum absolute atomic E-state index is 0.0412. The molecular weight excluding hydrogens is 374 g/mol. The van der Waals surface area contributed by atoms with Gasteiger partial charge in [0.15, 0.2) is 0 Å². The van der Waals surface area contributed by atoms with Crippen LogP contribution in [0.1, 0.15) is 29.5 Å². The topological polar surface area (TPSA) is 119 Å². The molecule has 27 heavy (non-hydrogen) atoms. The van der Waals surface area contributed by atoms with Crippen LogP contribution in [0.4, 0.5) is 17.1 Å². The molecule has 2 aromatic rings. The number of aromatic hydroxyl groups is 1. The van der Waals surface area contributed by atoms with E-state index in [0.29, 0.717) is 23.2 Å². The number of phenolic OH excluding ortho intramolecular Hbond substituents is 1. The second kappa shape index (κ2) is 6.24. The highest BCUT2D eigenvalue weighted by atomic mass is 35.5. The number of anilines is 1. The van der Waals surface area contributed by atoms with Crippen LogP contribution in [0.5, 0.6) is 5.75 Å². The summed E-state index contributed by atoms with van der Waals surface area (Å²) in [6.07, 6.45) is 4.50. The molecule has 8 nitrogen and oxygen atoms in total. The molecule has 0 fully saturated rings. The fourth-order valence-corrected chi connectivity index (χ4v) is 4.21. The highest BCUT2D eigenvalue weighted by Gasteiger charge is 2.43. The van der Waals surface area contributed by atoms with Gasteiger partial charge in [-0.1, -0.05) is 29.8 Å². The average molecular weight is 388 g/mol. The Morgan fingerprint density at radius 2 is 1.85 bits per heavy atom. The van der Waals surface area contributed by atoms with E-state index in [-0.39, 0.29) is 40.0 Å². The Labute approximate surface area is 158 Å². The quantitative estimate of drug-likeness (QED) is 0.341. The monoisotopic (exact) mass is 387 g/mol. The van der Waals surface area contributed by atoms with Gasteiger partial charge in [-0.05, 0) is 30.0 Å². The molecule has 0 saturated carbocycles. The molecule has 0 amide bonds. The van der Waals surface area contributed by atoms with Crippen LogP contribution in [0.2, 0.25) is 5.02 Å². The number of allylic oxidation sites excluding steroid dienone is 2. The summed E-state index contributed by atoms with van der Waals surface area (Å²) in [5.41, 5.74) is 1.12. The van der Waals surface area contributed by atoms with E-state index in [1.165, 1.54) is 24.3 Å². The number of nitrogens with one attached hydrogen (secondary N) is 1. The first-order valence-electron chi connectivity index (χ1n) is 8.25. The minimum atomic E-state index is -0.546. The summed E-state index contributed by atoms with van der Waals surface area (Å²) < 4.78 is 0. The molecule has 2 N–H and O–H groups in total. The number of hydrogen-bond donors (Lipinski definition) is 2. The number of phenols is 1. The third-order valence-electron chi connectivity index (χ3n) is 5.20. The number of rotatable bonds is 3. The summed E-state index contributed by atoms with van der Waals surface area (Å²) in [6.45, 7) is 0. The van der Waals surface area contributed by atoms with Crippen molar-refractivity contribution in [3.63, 3.8) is 0 Å². The van der Waals surface area contributed by atoms with E-state index in [2.05, 4.69) is 5.32 Å². The number of nitrogens with zero attached hydrogens (tertiary/aromatic N) is 2. The highest BCUT2D eigenvalue weighted by Crippen LogP contribution is 2.55. The van der Waals surface area contributed by atoms with Crippen molar-refractivity contribution in [1.29, 1.82) is 0 Å². The van der Waals surface area contributed by atoms with Crippen molar-refractivity contribution in [1.82, 2.24) is 0 Å². The molecule has 0 saturated heterocycles. The first-order valence-corrected chi connectivity index (χ1v) is 8.63. The molecule has 1 aliphatic carbocycles. The largest absolute Gasteiger partial charge is 0.506 e. The van der Waals surface area contributed by atoms with Crippen LogP contribution in [0.15, 0.2) is 42.5 Å². The van der Waals surface area contributed by atoms with Crippen molar-refractivity contribution < 1.29 is 15.0 Å². The maximum atomic E-state index is 11.5. The van der Waals surface area contributed by atoms with Gasteiger partial charge in [0.2, 0.25) is 0 Å². The maximum Gasteiger partial charge on any atom is 0.288 e. The van der Waals surface area contributed by atoms with Gasteiger partial charge in [-0.15, -0.1) is 0 Å². The van der Waals surface area contributed by atoms with Crippen molar-refractivity contribution in [3.8, 4) is 5.75 Å². The van der Waals surface area contributed by atoms with E-state index in [1.807, 2.05) is 12.2 Å². The summed E-state index contributed by atoms with van der Waals surface area (Å²) in [5.74, 6) is -0.435. The molecule has 0 bridgehead atoms. The lowest BCUT2D eigenvalue weighted by molar-refractivity contribution is -0.385. The van der Waals surface area contributed by atoms with Crippen molar-refractivity contribution in [3.05, 3.63) is 78.9 Å². The van der Waals surface area contributed by atoms with Crippen LogP contribution in [0.25, 0.3) is 0 Å².